The van der Waals surface area contributed by atoms with Crippen molar-refractivity contribution in [2.24, 2.45) is 5.73 Å². The molecule has 5 nitrogen and oxygen atoms in total. The summed E-state index contributed by atoms with van der Waals surface area (Å²) in [6.45, 7) is 0.911. The molecule has 0 saturated heterocycles. The smallest absolute Gasteiger partial charge is 0.231 e. The number of benzene rings is 1. The number of anilines is 1. The van der Waals surface area contributed by atoms with Crippen LogP contribution < -0.4 is 20.5 Å². The summed E-state index contributed by atoms with van der Waals surface area (Å²) in [6.07, 6.45) is 0. The summed E-state index contributed by atoms with van der Waals surface area (Å²) in [4.78, 5) is 4.62. The number of ether oxygens (including phenoxy) is 2. The quantitative estimate of drug-likeness (QED) is 0.839. The molecule has 1 aromatic heterocycles. The Morgan fingerprint density at radius 3 is 2.95 bits per heavy atom. The first-order valence-electron chi connectivity index (χ1n) is 6.11. The van der Waals surface area contributed by atoms with Gasteiger partial charge in [-0.3, -0.25) is 0 Å². The minimum Gasteiger partial charge on any atom is -0.454 e. The number of thiocarbonyl (C=S) groups is 1. The van der Waals surface area contributed by atoms with Crippen molar-refractivity contribution in [1.29, 1.82) is 0 Å². The van der Waals surface area contributed by atoms with Crippen molar-refractivity contribution in [1.82, 2.24) is 4.98 Å². The maximum absolute atomic E-state index is 5.56. The molecule has 0 atom stereocenters. The second-order valence-electron chi connectivity index (χ2n) is 4.31. The number of nitrogens with one attached hydrogen (secondary N) is 1. The molecule has 2 heterocycles. The third-order valence-corrected chi connectivity index (χ3v) is 3.12. The first kappa shape index (κ1) is 12.7. The summed E-state index contributed by atoms with van der Waals surface area (Å²) in [5.74, 6) is 2.28. The highest BCUT2D eigenvalue weighted by atomic mass is 32.1. The standard InChI is InChI=1S/C14H13N3O2S/c15-14(20)10-2-1-3-13(17-10)16-7-9-4-5-11-12(6-9)19-8-18-11/h1-6H,7-8H2,(H2,15,20)(H,16,17). The molecular weight excluding hydrogens is 274 g/mol. The molecule has 6 heteroatoms. The van der Waals surface area contributed by atoms with Crippen molar-refractivity contribution in [3.8, 4) is 11.5 Å². The zero-order valence-electron chi connectivity index (χ0n) is 10.6. The second kappa shape index (κ2) is 5.34. The zero-order valence-corrected chi connectivity index (χ0v) is 11.4. The van der Waals surface area contributed by atoms with Crippen molar-refractivity contribution < 1.29 is 9.47 Å². The molecule has 2 aromatic rings. The minimum absolute atomic E-state index is 0.282. The summed E-state index contributed by atoms with van der Waals surface area (Å²) >= 11 is 4.91. The van der Waals surface area contributed by atoms with Crippen LogP contribution in [0.2, 0.25) is 0 Å². The van der Waals surface area contributed by atoms with E-state index in [1.54, 1.807) is 6.07 Å². The monoisotopic (exact) mass is 287 g/mol. The third kappa shape index (κ3) is 2.65. The fourth-order valence-electron chi connectivity index (χ4n) is 1.91. The molecule has 3 rings (SSSR count). The van der Waals surface area contributed by atoms with E-state index in [0.29, 0.717) is 12.2 Å². The van der Waals surface area contributed by atoms with Gasteiger partial charge in [-0.05, 0) is 29.8 Å². The van der Waals surface area contributed by atoms with Gasteiger partial charge in [-0.15, -0.1) is 0 Å². The van der Waals surface area contributed by atoms with Crippen molar-refractivity contribution in [3.63, 3.8) is 0 Å². The maximum atomic E-state index is 5.56. The molecule has 0 bridgehead atoms. The van der Waals surface area contributed by atoms with Crippen LogP contribution in [0.25, 0.3) is 0 Å². The van der Waals surface area contributed by atoms with Crippen LogP contribution in [0.1, 0.15) is 11.3 Å². The zero-order chi connectivity index (χ0) is 13.9. The molecule has 1 aliphatic rings. The second-order valence-corrected chi connectivity index (χ2v) is 4.75. The average molecular weight is 287 g/mol. The van der Waals surface area contributed by atoms with E-state index >= 15 is 0 Å². The number of aromatic nitrogens is 1. The van der Waals surface area contributed by atoms with Crippen LogP contribution >= 0.6 is 12.2 Å². The van der Waals surface area contributed by atoms with Gasteiger partial charge < -0.3 is 20.5 Å². The van der Waals surface area contributed by atoms with Gasteiger partial charge in [-0.1, -0.05) is 24.4 Å². The van der Waals surface area contributed by atoms with E-state index < -0.39 is 0 Å². The number of fused-ring (bicyclic) bond motifs is 1. The SMILES string of the molecule is NC(=S)c1cccc(NCc2ccc3c(c2)OCO3)n1. The maximum Gasteiger partial charge on any atom is 0.231 e. The molecule has 0 radical (unpaired) electrons. The lowest BCUT2D eigenvalue weighted by Gasteiger charge is -2.07. The molecule has 0 fully saturated rings. The lowest BCUT2D eigenvalue weighted by molar-refractivity contribution is 0.174. The Bertz CT molecular complexity index is 661. The van der Waals surface area contributed by atoms with E-state index in [0.717, 1.165) is 22.9 Å². The highest BCUT2D eigenvalue weighted by Crippen LogP contribution is 2.32. The molecule has 0 aliphatic carbocycles. The van der Waals surface area contributed by atoms with E-state index in [2.05, 4.69) is 10.3 Å². The number of pyridine rings is 1. The molecule has 0 saturated carbocycles. The number of nitrogens with two attached hydrogens (primary N) is 1. The Labute approximate surface area is 121 Å². The lowest BCUT2D eigenvalue weighted by Crippen LogP contribution is -2.12. The van der Waals surface area contributed by atoms with Crippen LogP contribution in [0.3, 0.4) is 0 Å². The van der Waals surface area contributed by atoms with E-state index in [1.807, 2.05) is 30.3 Å². The summed E-state index contributed by atoms with van der Waals surface area (Å²) in [5, 5.41) is 3.22. The van der Waals surface area contributed by atoms with Crippen LogP contribution in [0, 0.1) is 0 Å². The fourth-order valence-corrected chi connectivity index (χ4v) is 2.03. The molecule has 1 aromatic carbocycles. The van der Waals surface area contributed by atoms with Crippen LogP contribution in [0.5, 0.6) is 11.5 Å². The Hall–Kier alpha value is -2.34. The Balaban J connectivity index is 1.70. The predicted octanol–water partition coefficient (Wildman–Crippen LogP) is 2.06. The van der Waals surface area contributed by atoms with Gasteiger partial charge in [0.15, 0.2) is 11.5 Å². The van der Waals surface area contributed by atoms with Gasteiger partial charge in [-0.25, -0.2) is 4.98 Å². The van der Waals surface area contributed by atoms with Gasteiger partial charge in [0.1, 0.15) is 10.8 Å². The minimum atomic E-state index is 0.282. The lowest BCUT2D eigenvalue weighted by atomic mass is 10.2. The summed E-state index contributed by atoms with van der Waals surface area (Å²) in [6, 6.07) is 11.4. The Morgan fingerprint density at radius 1 is 1.25 bits per heavy atom. The molecule has 0 spiro atoms. The van der Waals surface area contributed by atoms with Crippen molar-refractivity contribution in [3.05, 3.63) is 47.7 Å². The normalized spacial score (nSPS) is 12.2. The number of nitrogens with zero attached hydrogens (tertiary/aromatic N) is 1. The van der Waals surface area contributed by atoms with Crippen LogP contribution in [0.4, 0.5) is 5.82 Å². The molecule has 102 valence electrons. The van der Waals surface area contributed by atoms with Crippen LogP contribution in [-0.4, -0.2) is 16.8 Å². The Morgan fingerprint density at radius 2 is 2.10 bits per heavy atom. The van der Waals surface area contributed by atoms with Gasteiger partial charge in [0.2, 0.25) is 6.79 Å². The van der Waals surface area contributed by atoms with Crippen molar-refractivity contribution >= 4 is 23.0 Å². The first-order valence-corrected chi connectivity index (χ1v) is 6.52. The highest BCUT2D eigenvalue weighted by Gasteiger charge is 2.12. The third-order valence-electron chi connectivity index (χ3n) is 2.91. The Kier molecular flexibility index (Phi) is 3.39. The summed E-state index contributed by atoms with van der Waals surface area (Å²) in [7, 11) is 0. The molecule has 0 amide bonds. The number of hydrogen-bond donors (Lipinski definition) is 2. The van der Waals surface area contributed by atoms with E-state index in [4.69, 9.17) is 27.4 Å². The molecule has 1 aliphatic heterocycles. The van der Waals surface area contributed by atoms with Gasteiger partial charge in [0, 0.05) is 6.54 Å². The van der Waals surface area contributed by atoms with Gasteiger partial charge in [0.25, 0.3) is 0 Å². The van der Waals surface area contributed by atoms with Crippen molar-refractivity contribution in [2.75, 3.05) is 12.1 Å². The van der Waals surface area contributed by atoms with Gasteiger partial charge in [-0.2, -0.15) is 0 Å². The summed E-state index contributed by atoms with van der Waals surface area (Å²) in [5.41, 5.74) is 7.25. The largest absolute Gasteiger partial charge is 0.454 e. The molecule has 3 N–H and O–H groups in total. The van der Waals surface area contributed by atoms with Gasteiger partial charge in [0.05, 0.1) is 5.69 Å². The summed E-state index contributed by atoms with van der Waals surface area (Å²) < 4.78 is 10.6. The number of rotatable bonds is 4. The van der Waals surface area contributed by atoms with Crippen LogP contribution in [-0.2, 0) is 6.54 Å². The molecular formula is C14H13N3O2S. The van der Waals surface area contributed by atoms with Crippen molar-refractivity contribution in [2.45, 2.75) is 6.54 Å². The first-order chi connectivity index (χ1) is 9.72. The fraction of sp³-hybridized carbons (Fsp3) is 0.143. The topological polar surface area (TPSA) is 69.4 Å². The number of hydrogen-bond acceptors (Lipinski definition) is 5. The molecule has 20 heavy (non-hydrogen) atoms. The van der Waals surface area contributed by atoms with E-state index in [-0.39, 0.29) is 11.8 Å². The van der Waals surface area contributed by atoms with Gasteiger partial charge >= 0.3 is 0 Å². The van der Waals surface area contributed by atoms with E-state index in [9.17, 15) is 0 Å². The van der Waals surface area contributed by atoms with E-state index in [1.165, 1.54) is 0 Å². The van der Waals surface area contributed by atoms with Crippen LogP contribution in [0.15, 0.2) is 36.4 Å². The average Bonchev–Trinajstić information content (AvgIpc) is 2.93. The predicted molar refractivity (Wildman–Crippen MR) is 80.0 cm³/mol. The highest BCUT2D eigenvalue weighted by molar-refractivity contribution is 7.80. The molecule has 0 unspecified atom stereocenters.